The molecule has 12 heteroatoms. The Morgan fingerprint density at radius 3 is 2.64 bits per heavy atom. The number of primary amides is 1. The lowest BCUT2D eigenvalue weighted by Gasteiger charge is -2.46. The number of rotatable bonds is 8. The van der Waals surface area contributed by atoms with Crippen LogP contribution in [0.15, 0.2) is 41.4 Å². The van der Waals surface area contributed by atoms with Crippen molar-refractivity contribution in [3.63, 3.8) is 0 Å². The Kier molecular flexibility index (Phi) is 6.58. The number of benzene rings is 1. The molecule has 9 nitrogen and oxygen atoms in total. The molecule has 1 aromatic heterocycles. The molecule has 1 fully saturated rings. The molecule has 2 aromatic rings. The van der Waals surface area contributed by atoms with Crippen molar-refractivity contribution in [3.05, 3.63) is 57.7 Å². The van der Waals surface area contributed by atoms with Crippen LogP contribution in [-0.2, 0) is 32.0 Å². The zero-order chi connectivity index (χ0) is 23.7. The summed E-state index contributed by atoms with van der Waals surface area (Å²) in [6.07, 6.45) is 0.503. The summed E-state index contributed by atoms with van der Waals surface area (Å²) in [7, 11) is 0. The van der Waals surface area contributed by atoms with Gasteiger partial charge in [0.05, 0.1) is 17.7 Å². The van der Waals surface area contributed by atoms with E-state index in [-0.39, 0.29) is 34.9 Å². The number of aromatic nitrogens is 1. The molecular formula is C21H18N4O5S3. The fraction of sp³-hybridized carbons (Fsp3) is 0.238. The van der Waals surface area contributed by atoms with Crippen LogP contribution >= 0.6 is 35.3 Å². The van der Waals surface area contributed by atoms with Crippen molar-refractivity contribution in [2.45, 2.75) is 30.0 Å². The number of nitrogens with two attached hydrogens (primary N) is 1. The average molecular weight is 503 g/mol. The molecule has 170 valence electrons. The second-order valence-electron chi connectivity index (χ2n) is 7.32. The molecule has 4 N–H and O–H groups in total. The number of β-lactam (4-membered cyclic amide) rings is 1. The van der Waals surface area contributed by atoms with Crippen LogP contribution < -0.4 is 11.1 Å². The number of nitrogens with zero attached hydrogens (tertiary/aromatic N) is 2. The molecule has 3 heterocycles. The summed E-state index contributed by atoms with van der Waals surface area (Å²) in [6, 6.07) is 9.14. The van der Waals surface area contributed by atoms with Gasteiger partial charge in [-0.15, -0.1) is 23.1 Å². The average Bonchev–Trinajstić information content (AvgIpc) is 3.25. The van der Waals surface area contributed by atoms with Gasteiger partial charge >= 0.3 is 5.97 Å². The lowest BCUT2D eigenvalue weighted by molar-refractivity contribution is -0.138. The summed E-state index contributed by atoms with van der Waals surface area (Å²) < 4.78 is 0. The largest absolute Gasteiger partial charge is 0.477 e. The van der Waals surface area contributed by atoms with Crippen molar-refractivity contribution in [2.75, 3.05) is 0 Å². The van der Waals surface area contributed by atoms with Gasteiger partial charge in [0.15, 0.2) is 0 Å². The minimum Gasteiger partial charge on any atom is -0.477 e. The van der Waals surface area contributed by atoms with Gasteiger partial charge in [0.2, 0.25) is 11.8 Å². The van der Waals surface area contributed by atoms with Crippen molar-refractivity contribution in [1.82, 2.24) is 15.2 Å². The number of aryl methyl sites for hydroxylation is 1. The van der Waals surface area contributed by atoms with Gasteiger partial charge in [-0.25, -0.2) is 9.78 Å². The Morgan fingerprint density at radius 2 is 1.97 bits per heavy atom. The number of thiocarbonyl (C=S) groups is 1. The fourth-order valence-corrected chi connectivity index (χ4v) is 6.23. The van der Waals surface area contributed by atoms with E-state index in [1.54, 1.807) is 5.38 Å². The molecule has 0 saturated carbocycles. The number of carbonyl (C=O) groups excluding carboxylic acids is 3. The third-order valence-electron chi connectivity index (χ3n) is 5.02. The minimum absolute atomic E-state index is 0.0982. The molecule has 0 spiro atoms. The highest BCUT2D eigenvalue weighted by atomic mass is 32.2. The summed E-state index contributed by atoms with van der Waals surface area (Å²) >= 11 is 7.50. The first-order valence-corrected chi connectivity index (χ1v) is 12.1. The lowest BCUT2D eigenvalue weighted by atomic mass is 10.1. The Hall–Kier alpha value is -3.09. The van der Waals surface area contributed by atoms with Crippen LogP contribution in [0.5, 0.6) is 0 Å². The molecule has 0 bridgehead atoms. The van der Waals surface area contributed by atoms with E-state index < -0.39 is 28.5 Å². The molecule has 1 saturated heterocycles. The first kappa shape index (κ1) is 23.1. The molecule has 3 amide bonds. The normalized spacial score (nSPS) is 19.7. The smallest absolute Gasteiger partial charge is 0.353 e. The Bertz CT molecular complexity index is 1190. The number of nitrogens with one attached hydrogen (secondary N) is 1. The molecular weight excluding hydrogens is 484 g/mol. The van der Waals surface area contributed by atoms with E-state index in [4.69, 9.17) is 18.0 Å². The van der Waals surface area contributed by atoms with Crippen molar-refractivity contribution >= 4 is 69.4 Å². The Balaban J connectivity index is 1.69. The first-order chi connectivity index (χ1) is 15.8. The lowest BCUT2D eigenvalue weighted by Crippen LogP contribution is -2.63. The van der Waals surface area contributed by atoms with Crippen LogP contribution in [0.4, 0.5) is 0 Å². The quantitative estimate of drug-likeness (QED) is 0.362. The highest BCUT2D eigenvalue weighted by Crippen LogP contribution is 2.46. The number of thiazole rings is 1. The van der Waals surface area contributed by atoms with E-state index in [1.807, 2.05) is 30.3 Å². The summed E-state index contributed by atoms with van der Waals surface area (Å²) in [6.45, 7) is 0. The van der Waals surface area contributed by atoms with Gasteiger partial charge in [-0.3, -0.25) is 19.3 Å². The van der Waals surface area contributed by atoms with Gasteiger partial charge in [-0.1, -0.05) is 42.5 Å². The van der Waals surface area contributed by atoms with Gasteiger partial charge in [0.1, 0.15) is 26.3 Å². The molecule has 2 aliphatic heterocycles. The van der Waals surface area contributed by atoms with E-state index >= 15 is 0 Å². The second kappa shape index (κ2) is 9.41. The van der Waals surface area contributed by atoms with Gasteiger partial charge < -0.3 is 16.2 Å². The first-order valence-electron chi connectivity index (χ1n) is 9.83. The number of carboxylic acids is 1. The van der Waals surface area contributed by atoms with E-state index in [2.05, 4.69) is 10.3 Å². The molecule has 4 rings (SSSR count). The molecule has 1 aromatic carbocycles. The van der Waals surface area contributed by atoms with E-state index in [0.29, 0.717) is 17.1 Å². The van der Waals surface area contributed by atoms with E-state index in [0.717, 1.165) is 10.5 Å². The Morgan fingerprint density at radius 1 is 1.24 bits per heavy atom. The number of thioether (sulfide) groups is 1. The zero-order valence-corrected chi connectivity index (χ0v) is 19.5. The number of carbonyl (C=O) groups is 4. The maximum Gasteiger partial charge on any atom is 0.353 e. The van der Waals surface area contributed by atoms with Crippen LogP contribution in [0.3, 0.4) is 0 Å². The third kappa shape index (κ3) is 4.68. The highest BCUT2D eigenvalue weighted by Gasteiger charge is 2.53. The zero-order valence-electron chi connectivity index (χ0n) is 17.0. The maximum atomic E-state index is 12.8. The van der Waals surface area contributed by atoms with Gasteiger partial charge in [-0.2, -0.15) is 0 Å². The van der Waals surface area contributed by atoms with E-state index in [9.17, 15) is 24.3 Å². The van der Waals surface area contributed by atoms with Crippen LogP contribution in [-0.4, -0.2) is 54.3 Å². The summed E-state index contributed by atoms with van der Waals surface area (Å²) in [5.74, 6) is -2.65. The molecule has 0 radical (unpaired) electrons. The molecule has 2 atom stereocenters. The van der Waals surface area contributed by atoms with Crippen molar-refractivity contribution in [2.24, 2.45) is 5.73 Å². The minimum atomic E-state index is -1.32. The van der Waals surface area contributed by atoms with Crippen molar-refractivity contribution < 1.29 is 24.3 Å². The van der Waals surface area contributed by atoms with Gasteiger partial charge in [0, 0.05) is 11.8 Å². The van der Waals surface area contributed by atoms with Crippen molar-refractivity contribution in [3.8, 4) is 0 Å². The topological polar surface area (TPSA) is 143 Å². The predicted octanol–water partition coefficient (Wildman–Crippen LogP) is 1.33. The Labute approximate surface area is 202 Å². The number of hydrogen-bond donors (Lipinski definition) is 3. The van der Waals surface area contributed by atoms with Crippen LogP contribution in [0.2, 0.25) is 0 Å². The monoisotopic (exact) mass is 502 g/mol. The molecule has 33 heavy (non-hydrogen) atoms. The predicted molar refractivity (Wildman–Crippen MR) is 127 cm³/mol. The van der Waals surface area contributed by atoms with Crippen LogP contribution in [0.1, 0.15) is 22.7 Å². The van der Waals surface area contributed by atoms with Crippen LogP contribution in [0.25, 0.3) is 5.57 Å². The van der Waals surface area contributed by atoms with Crippen LogP contribution in [0, 0.1) is 0 Å². The number of aliphatic carboxylic acids is 1. The maximum absolute atomic E-state index is 12.8. The molecule has 2 aliphatic rings. The summed E-state index contributed by atoms with van der Waals surface area (Å²) in [4.78, 5) is 54.2. The number of hydrogen-bond acceptors (Lipinski definition) is 8. The number of amides is 3. The molecule has 0 aliphatic carbocycles. The fourth-order valence-electron chi connectivity index (χ4n) is 3.49. The molecule has 1 unspecified atom stereocenters. The van der Waals surface area contributed by atoms with E-state index in [1.165, 1.54) is 23.1 Å². The second-order valence-corrected chi connectivity index (χ2v) is 9.80. The number of carboxylic acid groups (broad SMARTS) is 1. The summed E-state index contributed by atoms with van der Waals surface area (Å²) in [5, 5.41) is 13.4. The van der Waals surface area contributed by atoms with Gasteiger partial charge in [-0.05, 0) is 12.0 Å². The third-order valence-corrected chi connectivity index (χ3v) is 7.82. The standard InChI is InChI=1S/C21H18N4O5S3/c22-12(26)7-6-11-9-32-17(23-11)14-15(21(29)30)25-19(28)16(31)20(25)33-18(14)24-13(27)8-10-4-2-1-3-5-10/h1-5,9,18,20H,6-8H2,(H2,22,26)(H,24,27)(H,29,30)/t18?,20-/m0/s1. The van der Waals surface area contributed by atoms with Gasteiger partial charge in [0.25, 0.3) is 5.91 Å². The number of fused-ring (bicyclic) bond motifs is 1. The highest BCUT2D eigenvalue weighted by molar-refractivity contribution is 8.03. The SMILES string of the molecule is NC(=O)CCc1csc(C2=C(C(=O)O)N3C(=O)C(=S)[C@@H]3SC2NC(=O)Cc2ccccc2)n1. The summed E-state index contributed by atoms with van der Waals surface area (Å²) in [5.41, 5.74) is 6.54. The van der Waals surface area contributed by atoms with Crippen molar-refractivity contribution in [1.29, 1.82) is 0 Å².